The molecule has 0 heterocycles. The number of hydrogen-bond donors (Lipinski definition) is 0. The summed E-state index contributed by atoms with van der Waals surface area (Å²) < 4.78 is 42.6. The van der Waals surface area contributed by atoms with Crippen LogP contribution in [-0.2, 0) is 23.7 Å². The molecule has 0 unspecified atom stereocenters. The minimum Gasteiger partial charge on any atom is -0.493 e. The molecule has 1 aromatic rings. The van der Waals surface area contributed by atoms with E-state index in [0.29, 0.717) is 88.9 Å². The lowest BCUT2D eigenvalue weighted by atomic mass is 10.2. The van der Waals surface area contributed by atoms with Crippen molar-refractivity contribution in [3.05, 3.63) is 17.7 Å². The van der Waals surface area contributed by atoms with Gasteiger partial charge in [0.2, 0.25) is 5.75 Å². The van der Waals surface area contributed by atoms with Gasteiger partial charge >= 0.3 is 0 Å². The molecule has 0 spiro atoms. The number of carbonyl (C=O) groups is 1. The molecule has 166 valence electrons. The fourth-order valence-electron chi connectivity index (χ4n) is 2.22. The fourth-order valence-corrected chi connectivity index (χ4v) is 2.22. The Kier molecular flexibility index (Phi) is 14.7. The normalized spacial score (nSPS) is 10.7. The van der Waals surface area contributed by atoms with Crippen LogP contribution >= 0.6 is 0 Å². The molecular formula is C20H32O9. The minimum absolute atomic E-state index is 0.305. The standard InChI is InChI=1S/C20H32O9/c1-22-4-5-25-6-7-26-8-9-27-10-11-28-12-13-29-20-18(23-2)14-17(16-21)15-19(20)24-3/h14-16H,4-13H2,1-3H3. The fraction of sp³-hybridized carbons (Fsp3) is 0.650. The lowest BCUT2D eigenvalue weighted by Crippen LogP contribution is -2.14. The zero-order valence-corrected chi connectivity index (χ0v) is 17.5. The molecule has 1 rings (SSSR count). The van der Waals surface area contributed by atoms with Crippen molar-refractivity contribution in [1.29, 1.82) is 0 Å². The van der Waals surface area contributed by atoms with Gasteiger partial charge in [-0.3, -0.25) is 4.79 Å². The van der Waals surface area contributed by atoms with Gasteiger partial charge in [0.1, 0.15) is 12.9 Å². The molecule has 0 atom stereocenters. The van der Waals surface area contributed by atoms with E-state index in [-0.39, 0.29) is 0 Å². The van der Waals surface area contributed by atoms with E-state index in [9.17, 15) is 4.79 Å². The van der Waals surface area contributed by atoms with E-state index in [2.05, 4.69) is 0 Å². The van der Waals surface area contributed by atoms with Gasteiger partial charge in [-0.1, -0.05) is 0 Å². The van der Waals surface area contributed by atoms with Crippen molar-refractivity contribution in [3.8, 4) is 17.2 Å². The van der Waals surface area contributed by atoms with Crippen LogP contribution in [0.1, 0.15) is 10.4 Å². The van der Waals surface area contributed by atoms with Crippen LogP contribution in [-0.4, -0.2) is 93.7 Å². The number of methoxy groups -OCH3 is 3. The van der Waals surface area contributed by atoms with Crippen LogP contribution < -0.4 is 14.2 Å². The minimum atomic E-state index is 0.305. The summed E-state index contributed by atoms with van der Waals surface area (Å²) in [6, 6.07) is 3.18. The number of rotatable bonds is 19. The highest BCUT2D eigenvalue weighted by atomic mass is 16.6. The van der Waals surface area contributed by atoms with Crippen molar-refractivity contribution in [2.45, 2.75) is 0 Å². The van der Waals surface area contributed by atoms with Crippen LogP contribution in [0.15, 0.2) is 12.1 Å². The first-order chi connectivity index (χ1) is 14.3. The summed E-state index contributed by atoms with van der Waals surface area (Å²) in [4.78, 5) is 11.0. The second-order valence-corrected chi connectivity index (χ2v) is 5.66. The lowest BCUT2D eigenvalue weighted by molar-refractivity contribution is -0.00987. The van der Waals surface area contributed by atoms with Gasteiger partial charge in [-0.05, 0) is 12.1 Å². The SMILES string of the molecule is COCCOCCOCCOCCOCCOc1c(OC)cc(C=O)cc1OC. The number of benzene rings is 1. The maximum atomic E-state index is 11.0. The van der Waals surface area contributed by atoms with E-state index in [0.717, 1.165) is 6.29 Å². The maximum absolute atomic E-state index is 11.0. The van der Waals surface area contributed by atoms with Gasteiger partial charge in [-0.25, -0.2) is 0 Å². The molecule has 0 saturated carbocycles. The first-order valence-electron chi connectivity index (χ1n) is 9.40. The lowest BCUT2D eigenvalue weighted by Gasteiger charge is -2.15. The second-order valence-electron chi connectivity index (χ2n) is 5.66. The Morgan fingerprint density at radius 1 is 0.655 bits per heavy atom. The van der Waals surface area contributed by atoms with E-state index < -0.39 is 0 Å². The Balaban J connectivity index is 2.06. The van der Waals surface area contributed by atoms with E-state index in [1.807, 2.05) is 0 Å². The average molecular weight is 416 g/mol. The van der Waals surface area contributed by atoms with Crippen LogP contribution in [0.4, 0.5) is 0 Å². The Labute approximate surface area is 172 Å². The summed E-state index contributed by atoms with van der Waals surface area (Å²) >= 11 is 0. The summed E-state index contributed by atoms with van der Waals surface area (Å²) in [6.45, 7) is 4.82. The molecule has 0 bridgehead atoms. The highest BCUT2D eigenvalue weighted by Crippen LogP contribution is 2.38. The summed E-state index contributed by atoms with van der Waals surface area (Å²) in [5.74, 6) is 1.29. The van der Waals surface area contributed by atoms with Crippen molar-refractivity contribution in [3.63, 3.8) is 0 Å². The number of ether oxygens (including phenoxy) is 8. The van der Waals surface area contributed by atoms with Crippen molar-refractivity contribution in [1.82, 2.24) is 0 Å². The largest absolute Gasteiger partial charge is 0.493 e. The Hall–Kier alpha value is -1.91. The quantitative estimate of drug-likeness (QED) is 0.246. The van der Waals surface area contributed by atoms with Crippen molar-refractivity contribution in [2.24, 2.45) is 0 Å². The van der Waals surface area contributed by atoms with Gasteiger partial charge in [0.05, 0.1) is 73.7 Å². The molecule has 0 fully saturated rings. The van der Waals surface area contributed by atoms with Crippen LogP contribution in [0.5, 0.6) is 17.2 Å². The molecule has 0 saturated heterocycles. The summed E-state index contributed by atoms with van der Waals surface area (Å²) in [5.41, 5.74) is 0.446. The van der Waals surface area contributed by atoms with Gasteiger partial charge in [0.15, 0.2) is 11.5 Å². The van der Waals surface area contributed by atoms with E-state index >= 15 is 0 Å². The molecule has 0 aliphatic carbocycles. The van der Waals surface area contributed by atoms with Crippen molar-refractivity contribution >= 4 is 6.29 Å². The third kappa shape index (κ3) is 11.0. The molecule has 0 aliphatic rings. The molecule has 0 aliphatic heterocycles. The van der Waals surface area contributed by atoms with Crippen LogP contribution in [0.3, 0.4) is 0 Å². The van der Waals surface area contributed by atoms with Gasteiger partial charge < -0.3 is 37.9 Å². The van der Waals surface area contributed by atoms with Crippen LogP contribution in [0.25, 0.3) is 0 Å². The Morgan fingerprint density at radius 2 is 1.07 bits per heavy atom. The molecule has 1 aromatic carbocycles. The molecule has 9 nitrogen and oxygen atoms in total. The van der Waals surface area contributed by atoms with Gasteiger partial charge in [-0.2, -0.15) is 0 Å². The number of hydrogen-bond acceptors (Lipinski definition) is 9. The van der Waals surface area contributed by atoms with Gasteiger partial charge in [0, 0.05) is 12.7 Å². The maximum Gasteiger partial charge on any atom is 0.203 e. The highest BCUT2D eigenvalue weighted by Gasteiger charge is 2.14. The van der Waals surface area contributed by atoms with E-state index in [4.69, 9.17) is 37.9 Å². The molecule has 0 aromatic heterocycles. The average Bonchev–Trinajstić information content (AvgIpc) is 2.75. The number of carbonyl (C=O) groups excluding carboxylic acids is 1. The van der Waals surface area contributed by atoms with Gasteiger partial charge in [0.25, 0.3) is 0 Å². The zero-order chi connectivity index (χ0) is 21.2. The smallest absolute Gasteiger partial charge is 0.203 e. The van der Waals surface area contributed by atoms with E-state index in [1.165, 1.54) is 14.2 Å². The molecular weight excluding hydrogens is 384 g/mol. The first kappa shape index (κ1) is 25.1. The van der Waals surface area contributed by atoms with Crippen LogP contribution in [0, 0.1) is 0 Å². The summed E-state index contributed by atoms with van der Waals surface area (Å²) in [7, 11) is 4.64. The van der Waals surface area contributed by atoms with Gasteiger partial charge in [-0.15, -0.1) is 0 Å². The molecule has 9 heteroatoms. The van der Waals surface area contributed by atoms with Crippen molar-refractivity contribution in [2.75, 3.05) is 87.4 Å². The number of aldehydes is 1. The summed E-state index contributed by atoms with van der Waals surface area (Å²) in [5, 5.41) is 0. The third-order valence-corrected chi connectivity index (χ3v) is 3.64. The molecule has 0 N–H and O–H groups in total. The highest BCUT2D eigenvalue weighted by molar-refractivity contribution is 5.78. The topological polar surface area (TPSA) is 90.9 Å². The first-order valence-corrected chi connectivity index (χ1v) is 9.40. The molecule has 0 radical (unpaired) electrons. The summed E-state index contributed by atoms with van der Waals surface area (Å²) in [6.07, 6.45) is 0.722. The Morgan fingerprint density at radius 3 is 1.45 bits per heavy atom. The van der Waals surface area contributed by atoms with Crippen molar-refractivity contribution < 1.29 is 42.7 Å². The second kappa shape index (κ2) is 17.0. The third-order valence-electron chi connectivity index (χ3n) is 3.64. The molecule has 29 heavy (non-hydrogen) atoms. The zero-order valence-electron chi connectivity index (χ0n) is 17.5. The van der Waals surface area contributed by atoms with Crippen LogP contribution in [0.2, 0.25) is 0 Å². The predicted molar refractivity (Wildman–Crippen MR) is 106 cm³/mol. The Bertz CT molecular complexity index is 526. The predicted octanol–water partition coefficient (Wildman–Crippen LogP) is 1.61. The monoisotopic (exact) mass is 416 g/mol. The van der Waals surface area contributed by atoms with E-state index in [1.54, 1.807) is 19.2 Å². The molecule has 0 amide bonds.